The largest absolute Gasteiger partial charge is 0.377 e. The highest BCUT2D eigenvalue weighted by atomic mass is 16.5. The molecule has 2 rings (SSSR count). The van der Waals surface area contributed by atoms with Crippen LogP contribution in [0.15, 0.2) is 0 Å². The number of fused-ring (bicyclic) bond motifs is 1. The van der Waals surface area contributed by atoms with Gasteiger partial charge in [0.2, 0.25) is 5.91 Å². The van der Waals surface area contributed by atoms with Crippen molar-refractivity contribution >= 4 is 5.91 Å². The lowest BCUT2D eigenvalue weighted by atomic mass is 9.47. The first-order valence-electron chi connectivity index (χ1n) is 7.85. The van der Waals surface area contributed by atoms with Crippen molar-refractivity contribution in [1.82, 2.24) is 4.90 Å². The second-order valence-corrected chi connectivity index (χ2v) is 7.72. The molecule has 2 fully saturated rings. The predicted molar refractivity (Wildman–Crippen MR) is 80.2 cm³/mol. The number of ether oxygens (including phenoxy) is 1. The van der Waals surface area contributed by atoms with Crippen LogP contribution in [0.4, 0.5) is 0 Å². The van der Waals surface area contributed by atoms with E-state index in [0.29, 0.717) is 5.92 Å². The molecule has 20 heavy (non-hydrogen) atoms. The van der Waals surface area contributed by atoms with Crippen LogP contribution in [0.3, 0.4) is 0 Å². The molecule has 1 amide bonds. The van der Waals surface area contributed by atoms with Gasteiger partial charge in [0.15, 0.2) is 0 Å². The lowest BCUT2D eigenvalue weighted by Gasteiger charge is -2.62. The molecule has 4 nitrogen and oxygen atoms in total. The fourth-order valence-corrected chi connectivity index (χ4v) is 3.98. The maximum Gasteiger partial charge on any atom is 0.243 e. The smallest absolute Gasteiger partial charge is 0.243 e. The Morgan fingerprint density at radius 1 is 1.35 bits per heavy atom. The van der Waals surface area contributed by atoms with E-state index in [1.54, 1.807) is 0 Å². The number of carbonyl (C=O) groups excluding carboxylic acids is 1. The summed E-state index contributed by atoms with van der Waals surface area (Å²) in [5.41, 5.74) is 5.60. The summed E-state index contributed by atoms with van der Waals surface area (Å²) < 4.78 is 5.78. The highest BCUT2D eigenvalue weighted by Crippen LogP contribution is 2.58. The Morgan fingerprint density at radius 2 is 1.95 bits per heavy atom. The van der Waals surface area contributed by atoms with E-state index in [4.69, 9.17) is 10.5 Å². The van der Waals surface area contributed by atoms with E-state index in [9.17, 15) is 4.79 Å². The molecule has 0 aromatic heterocycles. The van der Waals surface area contributed by atoms with E-state index in [1.807, 2.05) is 4.90 Å². The number of nitrogens with two attached hydrogens (primary N) is 1. The van der Waals surface area contributed by atoms with Gasteiger partial charge in [-0.15, -0.1) is 0 Å². The van der Waals surface area contributed by atoms with Crippen molar-refractivity contribution in [3.63, 3.8) is 0 Å². The molecular weight excluding hydrogens is 252 g/mol. The van der Waals surface area contributed by atoms with Crippen LogP contribution in [0.25, 0.3) is 0 Å². The normalized spacial score (nSPS) is 35.0. The van der Waals surface area contributed by atoms with Gasteiger partial charge in [0.1, 0.15) is 5.54 Å². The molecule has 116 valence electrons. The maximum atomic E-state index is 13.1. The first-order valence-corrected chi connectivity index (χ1v) is 7.85. The van der Waals surface area contributed by atoms with Crippen LogP contribution in [-0.4, -0.2) is 41.6 Å². The summed E-state index contributed by atoms with van der Waals surface area (Å²) >= 11 is 0. The van der Waals surface area contributed by atoms with E-state index in [-0.39, 0.29) is 29.4 Å². The molecule has 1 saturated heterocycles. The zero-order valence-electron chi connectivity index (χ0n) is 13.8. The topological polar surface area (TPSA) is 55.6 Å². The Labute approximate surface area is 123 Å². The summed E-state index contributed by atoms with van der Waals surface area (Å²) in [4.78, 5) is 15.1. The number of hydrogen-bond acceptors (Lipinski definition) is 3. The summed E-state index contributed by atoms with van der Waals surface area (Å²) in [6.45, 7) is 14.1. The van der Waals surface area contributed by atoms with E-state index >= 15 is 0 Å². The van der Waals surface area contributed by atoms with Gasteiger partial charge in [0.05, 0.1) is 6.10 Å². The molecule has 0 bridgehead atoms. The van der Waals surface area contributed by atoms with Gasteiger partial charge in [-0.2, -0.15) is 0 Å². The van der Waals surface area contributed by atoms with Crippen LogP contribution in [0.2, 0.25) is 0 Å². The molecule has 0 aromatic carbocycles. The summed E-state index contributed by atoms with van der Waals surface area (Å²) in [5.74, 6) is 0.736. The highest BCUT2D eigenvalue weighted by Gasteiger charge is 2.72. The number of carbonyl (C=O) groups is 1. The van der Waals surface area contributed by atoms with Gasteiger partial charge in [-0.25, -0.2) is 0 Å². The molecule has 2 aliphatic rings. The fourth-order valence-electron chi connectivity index (χ4n) is 3.98. The Hall–Kier alpha value is -0.610. The minimum atomic E-state index is -0.771. The Balaban J connectivity index is 2.26. The van der Waals surface area contributed by atoms with E-state index in [2.05, 4.69) is 41.5 Å². The first-order chi connectivity index (χ1) is 9.14. The molecule has 0 radical (unpaired) electrons. The first kappa shape index (κ1) is 15.8. The molecule has 3 unspecified atom stereocenters. The zero-order chi connectivity index (χ0) is 15.3. The van der Waals surface area contributed by atoms with E-state index in [0.717, 1.165) is 19.6 Å². The van der Waals surface area contributed by atoms with Crippen LogP contribution in [-0.2, 0) is 9.53 Å². The Kier molecular flexibility index (Phi) is 3.93. The number of rotatable bonds is 4. The Morgan fingerprint density at radius 3 is 2.45 bits per heavy atom. The lowest BCUT2D eigenvalue weighted by Crippen LogP contribution is -2.80. The average molecular weight is 282 g/mol. The van der Waals surface area contributed by atoms with Gasteiger partial charge in [-0.3, -0.25) is 4.79 Å². The van der Waals surface area contributed by atoms with Gasteiger partial charge in [-0.05, 0) is 26.2 Å². The van der Waals surface area contributed by atoms with Gasteiger partial charge in [0.25, 0.3) is 0 Å². The van der Waals surface area contributed by atoms with E-state index in [1.165, 1.54) is 0 Å². The zero-order valence-corrected chi connectivity index (χ0v) is 13.8. The predicted octanol–water partition coefficient (Wildman–Crippen LogP) is 2.02. The van der Waals surface area contributed by atoms with Crippen LogP contribution in [0.1, 0.15) is 48.0 Å². The minimum Gasteiger partial charge on any atom is -0.377 e. The quantitative estimate of drug-likeness (QED) is 0.858. The molecule has 2 N–H and O–H groups in total. The molecular formula is C16H30N2O2. The van der Waals surface area contributed by atoms with Crippen LogP contribution < -0.4 is 5.73 Å². The SMILES string of the molecule is CC(C)CN(C(=O)C1(N)C2CCOC2C1(C)C)C(C)C. The van der Waals surface area contributed by atoms with Crippen LogP contribution in [0.5, 0.6) is 0 Å². The van der Waals surface area contributed by atoms with Gasteiger partial charge in [0, 0.05) is 30.5 Å². The minimum absolute atomic E-state index is 0.109. The van der Waals surface area contributed by atoms with Crippen molar-refractivity contribution in [1.29, 1.82) is 0 Å². The Bertz CT molecular complexity index is 392. The van der Waals surface area contributed by atoms with Crippen molar-refractivity contribution in [2.45, 2.75) is 65.6 Å². The molecule has 1 aliphatic carbocycles. The number of hydrogen-bond donors (Lipinski definition) is 1. The summed E-state index contributed by atoms with van der Waals surface area (Å²) in [6, 6.07) is 0.183. The maximum absolute atomic E-state index is 13.1. The molecule has 3 atom stereocenters. The van der Waals surface area contributed by atoms with Crippen molar-refractivity contribution in [2.24, 2.45) is 23.0 Å². The monoisotopic (exact) mass is 282 g/mol. The molecule has 4 heteroatoms. The third-order valence-corrected chi connectivity index (χ3v) is 5.25. The molecule has 1 saturated carbocycles. The molecule has 0 aromatic rings. The fraction of sp³-hybridized carbons (Fsp3) is 0.938. The van der Waals surface area contributed by atoms with Crippen molar-refractivity contribution in [3.05, 3.63) is 0 Å². The highest BCUT2D eigenvalue weighted by molar-refractivity contribution is 5.90. The number of amides is 1. The molecule has 1 aliphatic heterocycles. The van der Waals surface area contributed by atoms with Crippen molar-refractivity contribution in [3.8, 4) is 0 Å². The lowest BCUT2D eigenvalue weighted by molar-refractivity contribution is -0.186. The molecule has 1 heterocycles. The second kappa shape index (κ2) is 4.99. The van der Waals surface area contributed by atoms with Gasteiger partial charge in [-0.1, -0.05) is 27.7 Å². The van der Waals surface area contributed by atoms with Gasteiger partial charge >= 0.3 is 0 Å². The van der Waals surface area contributed by atoms with Gasteiger partial charge < -0.3 is 15.4 Å². The van der Waals surface area contributed by atoms with Crippen LogP contribution >= 0.6 is 0 Å². The summed E-state index contributed by atoms with van der Waals surface area (Å²) in [6.07, 6.45) is 1.05. The summed E-state index contributed by atoms with van der Waals surface area (Å²) in [7, 11) is 0. The molecule has 0 spiro atoms. The summed E-state index contributed by atoms with van der Waals surface area (Å²) in [5, 5.41) is 0. The second-order valence-electron chi connectivity index (χ2n) is 7.72. The van der Waals surface area contributed by atoms with Crippen molar-refractivity contribution < 1.29 is 9.53 Å². The average Bonchev–Trinajstić information content (AvgIpc) is 2.81. The van der Waals surface area contributed by atoms with Crippen molar-refractivity contribution in [2.75, 3.05) is 13.2 Å². The van der Waals surface area contributed by atoms with E-state index < -0.39 is 5.54 Å². The van der Waals surface area contributed by atoms with Crippen LogP contribution in [0, 0.1) is 17.3 Å². The number of nitrogens with zero attached hydrogens (tertiary/aromatic N) is 1. The third kappa shape index (κ3) is 2.00. The standard InChI is InChI=1S/C16H30N2O2/c1-10(2)9-18(11(3)4)14(19)16(17)12-7-8-20-13(12)15(16,5)6/h10-13H,7-9,17H2,1-6H3. The third-order valence-electron chi connectivity index (χ3n) is 5.25.